The molecule has 0 aliphatic carbocycles. The van der Waals surface area contributed by atoms with E-state index >= 15 is 0 Å². The lowest BCUT2D eigenvalue weighted by Gasteiger charge is -2.19. The number of nitrogens with zero attached hydrogens (tertiary/aromatic N) is 4. The minimum Gasteiger partial charge on any atom is -0.297 e. The Morgan fingerprint density at radius 3 is 2.38 bits per heavy atom. The molecule has 0 atom stereocenters. The highest BCUT2D eigenvalue weighted by Crippen LogP contribution is 2.17. The van der Waals surface area contributed by atoms with E-state index in [9.17, 15) is 13.2 Å². The summed E-state index contributed by atoms with van der Waals surface area (Å²) in [4.78, 5) is 13.0. The predicted molar refractivity (Wildman–Crippen MR) is 56.4 cm³/mol. The third-order valence-electron chi connectivity index (χ3n) is 2.47. The molecular formula is C8H14N4O3S. The number of aromatic nitrogens is 4. The minimum atomic E-state index is -3.45. The number of Topliss-reactive ketones (excluding diaryl/α,β-unsaturated/α-hetero) is 1. The van der Waals surface area contributed by atoms with Gasteiger partial charge in [0.15, 0.2) is 21.4 Å². The molecular weight excluding hydrogens is 232 g/mol. The Bertz CT molecular complexity index is 503. The van der Waals surface area contributed by atoms with E-state index in [0.717, 1.165) is 6.26 Å². The summed E-state index contributed by atoms with van der Waals surface area (Å²) < 4.78 is 21.4. The number of carbonyl (C=O) groups is 1. The highest BCUT2D eigenvalue weighted by Gasteiger charge is 2.38. The van der Waals surface area contributed by atoms with E-state index in [1.54, 1.807) is 7.05 Å². The number of hydrogen-bond donors (Lipinski definition) is 0. The van der Waals surface area contributed by atoms with Crippen LogP contribution in [-0.4, -0.2) is 45.4 Å². The van der Waals surface area contributed by atoms with Crippen LogP contribution in [0.3, 0.4) is 0 Å². The third kappa shape index (κ3) is 2.43. The average molecular weight is 246 g/mol. The van der Waals surface area contributed by atoms with Gasteiger partial charge in [-0.2, -0.15) is 4.80 Å². The van der Waals surface area contributed by atoms with Crippen molar-refractivity contribution in [2.45, 2.75) is 25.0 Å². The second-order valence-corrected chi connectivity index (χ2v) is 6.64. The molecule has 0 bridgehead atoms. The Labute approximate surface area is 93.8 Å². The molecule has 0 spiro atoms. The molecule has 0 aliphatic rings. The molecule has 1 aromatic heterocycles. The van der Waals surface area contributed by atoms with Crippen molar-refractivity contribution in [3.8, 4) is 0 Å². The largest absolute Gasteiger partial charge is 0.297 e. The molecule has 90 valence electrons. The Balaban J connectivity index is 2.89. The molecule has 0 saturated carbocycles. The molecule has 16 heavy (non-hydrogen) atoms. The summed E-state index contributed by atoms with van der Waals surface area (Å²) in [5.41, 5.74) is 0. The van der Waals surface area contributed by atoms with Crippen LogP contribution in [0.15, 0.2) is 0 Å². The zero-order valence-electron chi connectivity index (χ0n) is 9.63. The molecule has 0 unspecified atom stereocenters. The molecule has 1 rings (SSSR count). The van der Waals surface area contributed by atoms with Gasteiger partial charge >= 0.3 is 0 Å². The van der Waals surface area contributed by atoms with Crippen molar-refractivity contribution < 1.29 is 13.2 Å². The maximum Gasteiger partial charge on any atom is 0.182 e. The van der Waals surface area contributed by atoms with E-state index in [-0.39, 0.29) is 12.2 Å². The van der Waals surface area contributed by atoms with E-state index in [1.807, 2.05) is 0 Å². The topological polar surface area (TPSA) is 94.8 Å². The first-order valence-electron chi connectivity index (χ1n) is 4.60. The molecule has 7 nitrogen and oxygen atoms in total. The van der Waals surface area contributed by atoms with Crippen molar-refractivity contribution in [2.75, 3.05) is 6.26 Å². The van der Waals surface area contributed by atoms with Crippen molar-refractivity contribution in [2.24, 2.45) is 7.05 Å². The van der Waals surface area contributed by atoms with Crippen LogP contribution in [0.4, 0.5) is 0 Å². The summed E-state index contributed by atoms with van der Waals surface area (Å²) in [5, 5.41) is 11.0. The van der Waals surface area contributed by atoms with Crippen LogP contribution >= 0.6 is 0 Å². The number of ketones is 1. The summed E-state index contributed by atoms with van der Waals surface area (Å²) in [7, 11) is -1.88. The second-order valence-electron chi connectivity index (χ2n) is 4.08. The van der Waals surface area contributed by atoms with Gasteiger partial charge in [-0.25, -0.2) is 8.42 Å². The van der Waals surface area contributed by atoms with Crippen LogP contribution in [0.1, 0.15) is 19.7 Å². The van der Waals surface area contributed by atoms with Gasteiger partial charge in [0.2, 0.25) is 0 Å². The van der Waals surface area contributed by atoms with Crippen molar-refractivity contribution in [1.29, 1.82) is 0 Å². The fraction of sp³-hybridized carbons (Fsp3) is 0.750. The third-order valence-corrected chi connectivity index (χ3v) is 4.55. The van der Waals surface area contributed by atoms with E-state index in [0.29, 0.717) is 0 Å². The lowest BCUT2D eigenvalue weighted by molar-refractivity contribution is -0.120. The van der Waals surface area contributed by atoms with Gasteiger partial charge in [-0.15, -0.1) is 10.2 Å². The van der Waals surface area contributed by atoms with Gasteiger partial charge < -0.3 is 0 Å². The Hall–Kier alpha value is -1.31. The lowest BCUT2D eigenvalue weighted by Crippen LogP contribution is -2.41. The standard InChI is InChI=1S/C8H14N4O3S/c1-8(2,16(4,14)15)6(13)5-7-9-11-12(3)10-7/h5H2,1-4H3. The van der Waals surface area contributed by atoms with Crippen molar-refractivity contribution in [1.82, 2.24) is 20.2 Å². The number of sulfone groups is 1. The van der Waals surface area contributed by atoms with Crippen LogP contribution in [0.25, 0.3) is 0 Å². The summed E-state index contributed by atoms with van der Waals surface area (Å²) >= 11 is 0. The summed E-state index contributed by atoms with van der Waals surface area (Å²) in [5.74, 6) is -0.216. The smallest absolute Gasteiger partial charge is 0.182 e. The summed E-state index contributed by atoms with van der Waals surface area (Å²) in [6.45, 7) is 2.75. The van der Waals surface area contributed by atoms with Crippen LogP contribution in [0.5, 0.6) is 0 Å². The van der Waals surface area contributed by atoms with Crippen molar-refractivity contribution in [3.63, 3.8) is 0 Å². The van der Waals surface area contributed by atoms with Crippen LogP contribution < -0.4 is 0 Å². The molecule has 0 N–H and O–H groups in total. The molecule has 0 radical (unpaired) electrons. The number of hydrogen-bond acceptors (Lipinski definition) is 6. The summed E-state index contributed by atoms with van der Waals surface area (Å²) in [6, 6.07) is 0. The van der Waals surface area contributed by atoms with Gasteiger partial charge in [0.1, 0.15) is 4.75 Å². The average Bonchev–Trinajstić information content (AvgIpc) is 2.49. The Morgan fingerprint density at radius 1 is 1.44 bits per heavy atom. The van der Waals surface area contributed by atoms with E-state index in [1.165, 1.54) is 18.6 Å². The van der Waals surface area contributed by atoms with Gasteiger partial charge in [-0.05, 0) is 19.1 Å². The zero-order chi connectivity index (χ0) is 12.6. The lowest BCUT2D eigenvalue weighted by atomic mass is 10.1. The maximum absolute atomic E-state index is 11.8. The predicted octanol–water partition coefficient (Wildman–Crippen LogP) is -0.855. The van der Waals surface area contributed by atoms with Gasteiger partial charge in [0.25, 0.3) is 0 Å². The normalized spacial score (nSPS) is 12.8. The van der Waals surface area contributed by atoms with Crippen molar-refractivity contribution in [3.05, 3.63) is 5.82 Å². The number of carbonyl (C=O) groups excluding carboxylic acids is 1. The number of aryl methyl sites for hydroxylation is 1. The van der Waals surface area contributed by atoms with Crippen molar-refractivity contribution >= 4 is 15.6 Å². The van der Waals surface area contributed by atoms with E-state index in [4.69, 9.17) is 0 Å². The van der Waals surface area contributed by atoms with Crippen LogP contribution in [0.2, 0.25) is 0 Å². The van der Waals surface area contributed by atoms with Gasteiger partial charge in [0, 0.05) is 6.26 Å². The van der Waals surface area contributed by atoms with Crippen LogP contribution in [-0.2, 0) is 28.1 Å². The molecule has 0 amide bonds. The minimum absolute atomic E-state index is 0.131. The first-order valence-corrected chi connectivity index (χ1v) is 6.49. The number of tetrazole rings is 1. The molecule has 0 saturated heterocycles. The zero-order valence-corrected chi connectivity index (χ0v) is 10.4. The maximum atomic E-state index is 11.8. The molecule has 8 heteroatoms. The molecule has 0 aliphatic heterocycles. The number of rotatable bonds is 4. The fourth-order valence-corrected chi connectivity index (χ4v) is 1.44. The van der Waals surface area contributed by atoms with Gasteiger partial charge in [0.05, 0.1) is 13.5 Å². The quantitative estimate of drug-likeness (QED) is 0.686. The molecule has 0 fully saturated rings. The first kappa shape index (κ1) is 12.8. The van der Waals surface area contributed by atoms with E-state index in [2.05, 4.69) is 15.4 Å². The van der Waals surface area contributed by atoms with Gasteiger partial charge in [-0.3, -0.25) is 4.79 Å². The highest BCUT2D eigenvalue weighted by atomic mass is 32.2. The van der Waals surface area contributed by atoms with Gasteiger partial charge in [-0.1, -0.05) is 0 Å². The monoisotopic (exact) mass is 246 g/mol. The van der Waals surface area contributed by atoms with Crippen LogP contribution in [0, 0.1) is 0 Å². The second kappa shape index (κ2) is 3.93. The Morgan fingerprint density at radius 2 is 2.00 bits per heavy atom. The molecule has 1 aromatic rings. The summed E-state index contributed by atoms with van der Waals surface area (Å²) in [6.07, 6.45) is 0.906. The first-order chi connectivity index (χ1) is 7.14. The fourth-order valence-electron chi connectivity index (χ4n) is 0.957. The van der Waals surface area contributed by atoms with E-state index < -0.39 is 20.4 Å². The molecule has 0 aromatic carbocycles. The SMILES string of the molecule is Cn1nnc(CC(=O)C(C)(C)S(C)(=O)=O)n1. The Kier molecular flexibility index (Phi) is 3.13. The molecule has 1 heterocycles. The highest BCUT2D eigenvalue weighted by molar-refractivity contribution is 7.92.